The summed E-state index contributed by atoms with van der Waals surface area (Å²) in [5.74, 6) is 0.365. The maximum atomic E-state index is 11.9. The van der Waals surface area contributed by atoms with Gasteiger partial charge in [0.2, 0.25) is 0 Å². The number of phenols is 1. The van der Waals surface area contributed by atoms with Crippen LogP contribution < -0.4 is 5.32 Å². The van der Waals surface area contributed by atoms with Gasteiger partial charge < -0.3 is 15.0 Å². The van der Waals surface area contributed by atoms with Gasteiger partial charge in [0.05, 0.1) is 12.1 Å². The zero-order valence-electron chi connectivity index (χ0n) is 9.72. The molecule has 0 aliphatic rings. The van der Waals surface area contributed by atoms with Crippen molar-refractivity contribution in [1.82, 2.24) is 14.9 Å². The van der Waals surface area contributed by atoms with E-state index in [9.17, 15) is 9.90 Å². The second kappa shape index (κ2) is 5.22. The first-order valence-corrected chi connectivity index (χ1v) is 6.10. The van der Waals surface area contributed by atoms with Crippen molar-refractivity contribution < 1.29 is 9.90 Å². The van der Waals surface area contributed by atoms with Gasteiger partial charge in [-0.05, 0) is 18.2 Å². The van der Waals surface area contributed by atoms with Crippen molar-refractivity contribution in [3.8, 4) is 5.75 Å². The van der Waals surface area contributed by atoms with E-state index in [1.54, 1.807) is 24.5 Å². The topological polar surface area (TPSA) is 67.2 Å². The average molecular weight is 310 g/mol. The summed E-state index contributed by atoms with van der Waals surface area (Å²) < 4.78 is 2.54. The normalized spacial score (nSPS) is 10.3. The molecule has 2 aromatic rings. The van der Waals surface area contributed by atoms with E-state index in [2.05, 4.69) is 26.2 Å². The average Bonchev–Trinajstić information content (AvgIpc) is 2.72. The molecule has 1 aromatic carbocycles. The summed E-state index contributed by atoms with van der Waals surface area (Å²) in [7, 11) is 1.85. The van der Waals surface area contributed by atoms with Crippen LogP contribution in [0.5, 0.6) is 5.75 Å². The van der Waals surface area contributed by atoms with Crippen molar-refractivity contribution in [2.24, 2.45) is 7.05 Å². The molecule has 18 heavy (non-hydrogen) atoms. The number of hydrogen-bond donors (Lipinski definition) is 2. The third-order valence-corrected chi connectivity index (χ3v) is 3.03. The molecule has 0 saturated heterocycles. The minimum absolute atomic E-state index is 0.0540. The van der Waals surface area contributed by atoms with E-state index in [1.165, 1.54) is 6.07 Å². The molecule has 0 aliphatic heterocycles. The molecule has 2 rings (SSSR count). The summed E-state index contributed by atoms with van der Waals surface area (Å²) in [4.78, 5) is 16.0. The van der Waals surface area contributed by atoms with E-state index in [-0.39, 0.29) is 17.2 Å². The Morgan fingerprint density at radius 2 is 2.33 bits per heavy atom. The predicted molar refractivity (Wildman–Crippen MR) is 70.2 cm³/mol. The zero-order valence-corrected chi connectivity index (χ0v) is 11.3. The van der Waals surface area contributed by atoms with Gasteiger partial charge in [-0.25, -0.2) is 4.98 Å². The van der Waals surface area contributed by atoms with Crippen LogP contribution in [0.4, 0.5) is 0 Å². The molecule has 1 aromatic heterocycles. The Morgan fingerprint density at radius 3 is 2.94 bits per heavy atom. The maximum Gasteiger partial charge on any atom is 0.255 e. The predicted octanol–water partition coefficient (Wildman–Crippen LogP) is 1.82. The Balaban J connectivity index is 2.06. The van der Waals surface area contributed by atoms with E-state index in [0.29, 0.717) is 6.54 Å². The third-order valence-electron chi connectivity index (χ3n) is 2.53. The summed E-state index contributed by atoms with van der Waals surface area (Å²) in [6, 6.07) is 4.75. The molecule has 1 heterocycles. The first-order chi connectivity index (χ1) is 8.58. The molecule has 0 unspecified atom stereocenters. The number of aromatic nitrogens is 2. The minimum atomic E-state index is -0.331. The minimum Gasteiger partial charge on any atom is -0.507 e. The van der Waals surface area contributed by atoms with Crippen molar-refractivity contribution in [1.29, 1.82) is 0 Å². The highest BCUT2D eigenvalue weighted by Crippen LogP contribution is 2.22. The molecule has 6 heteroatoms. The Hall–Kier alpha value is -1.82. The third kappa shape index (κ3) is 2.70. The number of carbonyl (C=O) groups is 1. The molecule has 0 spiro atoms. The molecule has 0 aliphatic carbocycles. The molecule has 1 amide bonds. The van der Waals surface area contributed by atoms with Crippen LogP contribution >= 0.6 is 15.9 Å². The molecule has 0 radical (unpaired) electrons. The highest BCUT2D eigenvalue weighted by molar-refractivity contribution is 9.10. The van der Waals surface area contributed by atoms with Crippen LogP contribution in [0, 0.1) is 0 Å². The van der Waals surface area contributed by atoms with Gasteiger partial charge in [0.1, 0.15) is 11.6 Å². The molecular formula is C12H12BrN3O2. The van der Waals surface area contributed by atoms with Gasteiger partial charge in [0, 0.05) is 23.9 Å². The Labute approximate surface area is 113 Å². The van der Waals surface area contributed by atoms with E-state index < -0.39 is 0 Å². The number of amides is 1. The first kappa shape index (κ1) is 12.6. The van der Waals surface area contributed by atoms with Gasteiger partial charge in [-0.15, -0.1) is 0 Å². The quantitative estimate of drug-likeness (QED) is 0.909. The van der Waals surface area contributed by atoms with Gasteiger partial charge in [-0.3, -0.25) is 4.79 Å². The summed E-state index contributed by atoms with van der Waals surface area (Å²) in [6.45, 7) is 0.317. The number of imidazole rings is 1. The van der Waals surface area contributed by atoms with Crippen LogP contribution in [-0.2, 0) is 13.6 Å². The van der Waals surface area contributed by atoms with E-state index in [4.69, 9.17) is 0 Å². The van der Waals surface area contributed by atoms with Gasteiger partial charge in [0.15, 0.2) is 0 Å². The molecule has 0 bridgehead atoms. The van der Waals surface area contributed by atoms with Crippen molar-refractivity contribution in [2.75, 3.05) is 0 Å². The zero-order chi connectivity index (χ0) is 13.1. The molecular weight excluding hydrogens is 298 g/mol. The Morgan fingerprint density at radius 1 is 1.56 bits per heavy atom. The fraction of sp³-hybridized carbons (Fsp3) is 0.167. The lowest BCUT2D eigenvalue weighted by Crippen LogP contribution is -2.24. The van der Waals surface area contributed by atoms with E-state index >= 15 is 0 Å². The van der Waals surface area contributed by atoms with Crippen LogP contribution in [-0.4, -0.2) is 20.6 Å². The highest BCUT2D eigenvalue weighted by atomic mass is 79.9. The first-order valence-electron chi connectivity index (χ1n) is 5.31. The molecule has 0 fully saturated rings. The second-order valence-corrected chi connectivity index (χ2v) is 4.71. The lowest BCUT2D eigenvalue weighted by Gasteiger charge is -2.07. The SMILES string of the molecule is Cn1ccnc1CNC(=O)c1ccc(Br)cc1O. The summed E-state index contributed by atoms with van der Waals surface area (Å²) >= 11 is 3.22. The van der Waals surface area contributed by atoms with Gasteiger partial charge in [-0.1, -0.05) is 15.9 Å². The highest BCUT2D eigenvalue weighted by Gasteiger charge is 2.11. The van der Waals surface area contributed by atoms with Crippen molar-refractivity contribution >= 4 is 21.8 Å². The smallest absolute Gasteiger partial charge is 0.255 e. The second-order valence-electron chi connectivity index (χ2n) is 3.80. The number of hydrogen-bond acceptors (Lipinski definition) is 3. The lowest BCUT2D eigenvalue weighted by atomic mass is 10.2. The number of nitrogens with zero attached hydrogens (tertiary/aromatic N) is 2. The fourth-order valence-electron chi connectivity index (χ4n) is 1.52. The lowest BCUT2D eigenvalue weighted by molar-refractivity contribution is 0.0947. The number of halogens is 1. The molecule has 5 nitrogen and oxygen atoms in total. The Kier molecular flexibility index (Phi) is 3.66. The summed E-state index contributed by atoms with van der Waals surface area (Å²) in [6.07, 6.45) is 3.47. The fourth-order valence-corrected chi connectivity index (χ4v) is 1.87. The summed E-state index contributed by atoms with van der Waals surface area (Å²) in [5, 5.41) is 12.4. The van der Waals surface area contributed by atoms with Gasteiger partial charge in [-0.2, -0.15) is 0 Å². The molecule has 0 atom stereocenters. The number of carbonyl (C=O) groups excluding carboxylic acids is 1. The van der Waals surface area contributed by atoms with E-state index in [0.717, 1.165) is 10.3 Å². The van der Waals surface area contributed by atoms with Gasteiger partial charge in [0.25, 0.3) is 5.91 Å². The Bertz CT molecular complexity index is 580. The van der Waals surface area contributed by atoms with Gasteiger partial charge >= 0.3 is 0 Å². The number of nitrogens with one attached hydrogen (secondary N) is 1. The van der Waals surface area contributed by atoms with Crippen LogP contribution in [0.25, 0.3) is 0 Å². The number of rotatable bonds is 3. The number of phenolic OH excluding ortho intramolecular Hbond substituents is 1. The van der Waals surface area contributed by atoms with Crippen molar-refractivity contribution in [3.63, 3.8) is 0 Å². The van der Waals surface area contributed by atoms with Crippen molar-refractivity contribution in [2.45, 2.75) is 6.54 Å². The molecule has 94 valence electrons. The summed E-state index contributed by atoms with van der Waals surface area (Å²) in [5.41, 5.74) is 0.243. The largest absolute Gasteiger partial charge is 0.507 e. The monoisotopic (exact) mass is 309 g/mol. The van der Waals surface area contributed by atoms with Crippen molar-refractivity contribution in [3.05, 3.63) is 46.5 Å². The number of aromatic hydroxyl groups is 1. The van der Waals surface area contributed by atoms with Crippen LogP contribution in [0.3, 0.4) is 0 Å². The number of benzene rings is 1. The van der Waals surface area contributed by atoms with E-state index in [1.807, 2.05) is 11.6 Å². The number of aryl methyl sites for hydroxylation is 1. The van der Waals surface area contributed by atoms with Crippen LogP contribution in [0.1, 0.15) is 16.2 Å². The molecule has 2 N–H and O–H groups in total. The van der Waals surface area contributed by atoms with Crippen LogP contribution in [0.15, 0.2) is 35.1 Å². The van der Waals surface area contributed by atoms with Crippen LogP contribution in [0.2, 0.25) is 0 Å². The maximum absolute atomic E-state index is 11.9. The molecule has 0 saturated carbocycles. The standard InChI is InChI=1S/C12H12BrN3O2/c1-16-5-4-14-11(16)7-15-12(18)9-3-2-8(13)6-10(9)17/h2-6,17H,7H2,1H3,(H,15,18).